The first kappa shape index (κ1) is 21.6. The van der Waals surface area contributed by atoms with E-state index in [2.05, 4.69) is 0 Å². The Morgan fingerprint density at radius 1 is 1.36 bits per heavy atom. The number of carbonyl (C=O) groups is 1. The van der Waals surface area contributed by atoms with Gasteiger partial charge in [0.2, 0.25) is 15.9 Å². The molecule has 132 valence electrons. The first-order valence-electron chi connectivity index (χ1n) is 7.78. The van der Waals surface area contributed by atoms with Crippen LogP contribution in [0.5, 0.6) is 0 Å². The van der Waals surface area contributed by atoms with Gasteiger partial charge in [0.15, 0.2) is 0 Å². The van der Waals surface area contributed by atoms with Gasteiger partial charge in [-0.25, -0.2) is 12.7 Å². The molecular formula is C14H30ClN3O3S. The Hall–Kier alpha value is -0.370. The lowest BCUT2D eigenvalue weighted by Crippen LogP contribution is -2.47. The van der Waals surface area contributed by atoms with Crippen molar-refractivity contribution in [1.29, 1.82) is 0 Å². The highest BCUT2D eigenvalue weighted by Gasteiger charge is 2.32. The predicted octanol–water partition coefficient (Wildman–Crippen LogP) is 1.06. The Kier molecular flexibility index (Phi) is 9.54. The van der Waals surface area contributed by atoms with E-state index in [1.165, 1.54) is 0 Å². The largest absolute Gasteiger partial charge is 0.342 e. The fourth-order valence-electron chi connectivity index (χ4n) is 2.50. The van der Waals surface area contributed by atoms with E-state index in [-0.39, 0.29) is 36.0 Å². The highest BCUT2D eigenvalue weighted by Crippen LogP contribution is 2.22. The Balaban J connectivity index is 0.00000441. The first-order chi connectivity index (χ1) is 9.83. The standard InChI is InChI=1S/C14H29N3O3S.ClH/c1-4-5-10-21(19,20)17-8-6-13(7-9-17)14(18)16(3)12(2)11-15;/h12-13H,4-11,15H2,1-3H3;1H. The number of sulfonamides is 1. The summed E-state index contributed by atoms with van der Waals surface area (Å²) in [7, 11) is -1.38. The summed E-state index contributed by atoms with van der Waals surface area (Å²) in [5.74, 6) is 0.215. The first-order valence-corrected chi connectivity index (χ1v) is 9.39. The van der Waals surface area contributed by atoms with E-state index < -0.39 is 10.0 Å². The van der Waals surface area contributed by atoms with Crippen LogP contribution in [-0.2, 0) is 14.8 Å². The molecule has 1 heterocycles. The van der Waals surface area contributed by atoms with Gasteiger partial charge < -0.3 is 10.6 Å². The summed E-state index contributed by atoms with van der Waals surface area (Å²) >= 11 is 0. The molecule has 1 aliphatic heterocycles. The summed E-state index contributed by atoms with van der Waals surface area (Å²) in [5, 5.41) is 0. The van der Waals surface area contributed by atoms with Gasteiger partial charge in [0.1, 0.15) is 0 Å². The second-order valence-corrected chi connectivity index (χ2v) is 7.97. The van der Waals surface area contributed by atoms with Crippen LogP contribution in [0.4, 0.5) is 0 Å². The third kappa shape index (κ3) is 5.68. The van der Waals surface area contributed by atoms with E-state index in [4.69, 9.17) is 5.73 Å². The van der Waals surface area contributed by atoms with Crippen molar-refractivity contribution in [3.05, 3.63) is 0 Å². The van der Waals surface area contributed by atoms with E-state index in [9.17, 15) is 13.2 Å². The van der Waals surface area contributed by atoms with Gasteiger partial charge in [-0.05, 0) is 26.2 Å². The van der Waals surface area contributed by atoms with Crippen LogP contribution in [0.25, 0.3) is 0 Å². The van der Waals surface area contributed by atoms with Gasteiger partial charge in [-0.2, -0.15) is 0 Å². The van der Waals surface area contributed by atoms with Crippen molar-refractivity contribution in [3.8, 4) is 0 Å². The van der Waals surface area contributed by atoms with Crippen molar-refractivity contribution < 1.29 is 13.2 Å². The maximum absolute atomic E-state index is 12.3. The molecule has 0 aromatic carbocycles. The van der Waals surface area contributed by atoms with Gasteiger partial charge in [0.25, 0.3) is 0 Å². The zero-order valence-corrected chi connectivity index (χ0v) is 15.5. The number of carbonyl (C=O) groups excluding carboxylic acids is 1. The molecule has 22 heavy (non-hydrogen) atoms. The van der Waals surface area contributed by atoms with Crippen LogP contribution in [0.2, 0.25) is 0 Å². The number of nitrogens with zero attached hydrogens (tertiary/aromatic N) is 2. The summed E-state index contributed by atoms with van der Waals surface area (Å²) in [6, 6.07) is 0.0174. The van der Waals surface area contributed by atoms with E-state index >= 15 is 0 Å². The Labute approximate surface area is 140 Å². The minimum Gasteiger partial charge on any atom is -0.342 e. The van der Waals surface area contributed by atoms with Gasteiger partial charge in [-0.1, -0.05) is 13.3 Å². The molecule has 8 heteroatoms. The fourth-order valence-corrected chi connectivity index (χ4v) is 4.18. The van der Waals surface area contributed by atoms with Gasteiger partial charge in [0, 0.05) is 38.6 Å². The predicted molar refractivity (Wildman–Crippen MR) is 91.5 cm³/mol. The quantitative estimate of drug-likeness (QED) is 0.740. The molecule has 0 saturated carbocycles. The lowest BCUT2D eigenvalue weighted by atomic mass is 9.96. The third-order valence-corrected chi connectivity index (χ3v) is 6.26. The van der Waals surface area contributed by atoms with Crippen molar-refractivity contribution in [3.63, 3.8) is 0 Å². The Bertz CT molecular complexity index is 437. The number of rotatable bonds is 7. The number of unbranched alkanes of at least 4 members (excludes halogenated alkanes) is 1. The second kappa shape index (κ2) is 9.70. The summed E-state index contributed by atoms with van der Waals surface area (Å²) in [6.07, 6.45) is 2.77. The molecule has 0 aliphatic carbocycles. The van der Waals surface area contributed by atoms with Gasteiger partial charge in [0.05, 0.1) is 5.75 Å². The third-order valence-electron chi connectivity index (χ3n) is 4.30. The molecule has 6 nitrogen and oxygen atoms in total. The van der Waals surface area contributed by atoms with Gasteiger partial charge in [-0.15, -0.1) is 12.4 Å². The van der Waals surface area contributed by atoms with Crippen LogP contribution >= 0.6 is 12.4 Å². The van der Waals surface area contributed by atoms with Crippen molar-refractivity contribution in [1.82, 2.24) is 9.21 Å². The topological polar surface area (TPSA) is 83.7 Å². The number of amides is 1. The Morgan fingerprint density at radius 2 is 1.91 bits per heavy atom. The molecule has 1 aliphatic rings. The number of likely N-dealkylation sites (N-methyl/N-ethyl adjacent to an activating group) is 1. The number of hydrogen-bond acceptors (Lipinski definition) is 4. The van der Waals surface area contributed by atoms with Crippen LogP contribution in [0, 0.1) is 5.92 Å². The number of piperidine rings is 1. The molecule has 1 fully saturated rings. The normalized spacial score (nSPS) is 18.5. The number of halogens is 1. The molecule has 0 spiro atoms. The molecule has 0 bridgehead atoms. The average molecular weight is 356 g/mol. The molecule has 0 radical (unpaired) electrons. The maximum Gasteiger partial charge on any atom is 0.225 e. The Morgan fingerprint density at radius 3 is 2.36 bits per heavy atom. The van der Waals surface area contributed by atoms with Crippen LogP contribution in [-0.4, -0.2) is 62.0 Å². The minimum absolute atomic E-state index is 0. The SMILES string of the molecule is CCCCS(=O)(=O)N1CCC(C(=O)N(C)C(C)CN)CC1.Cl. The van der Waals surface area contributed by atoms with Gasteiger partial charge in [-0.3, -0.25) is 4.79 Å². The highest BCUT2D eigenvalue weighted by molar-refractivity contribution is 7.89. The van der Waals surface area contributed by atoms with E-state index in [1.807, 2.05) is 13.8 Å². The van der Waals surface area contributed by atoms with Crippen molar-refractivity contribution in [2.75, 3.05) is 32.4 Å². The summed E-state index contributed by atoms with van der Waals surface area (Å²) in [4.78, 5) is 14.0. The van der Waals surface area contributed by atoms with Crippen LogP contribution in [0.15, 0.2) is 0 Å². The van der Waals surface area contributed by atoms with Crippen LogP contribution in [0.1, 0.15) is 39.5 Å². The van der Waals surface area contributed by atoms with Crippen LogP contribution in [0.3, 0.4) is 0 Å². The molecule has 1 rings (SSSR count). The lowest BCUT2D eigenvalue weighted by molar-refractivity contribution is -0.137. The summed E-state index contributed by atoms with van der Waals surface area (Å²) < 4.78 is 25.8. The smallest absolute Gasteiger partial charge is 0.225 e. The lowest BCUT2D eigenvalue weighted by Gasteiger charge is -2.34. The molecule has 2 N–H and O–H groups in total. The zero-order chi connectivity index (χ0) is 16.0. The highest BCUT2D eigenvalue weighted by atomic mass is 35.5. The molecule has 1 atom stereocenters. The average Bonchev–Trinajstić information content (AvgIpc) is 2.50. The molecule has 1 amide bonds. The van der Waals surface area contributed by atoms with Gasteiger partial charge >= 0.3 is 0 Å². The van der Waals surface area contributed by atoms with Crippen molar-refractivity contribution in [2.24, 2.45) is 11.7 Å². The molecule has 1 saturated heterocycles. The monoisotopic (exact) mass is 355 g/mol. The molecule has 1 unspecified atom stereocenters. The minimum atomic E-state index is -3.15. The summed E-state index contributed by atoms with van der Waals surface area (Å²) in [5.41, 5.74) is 5.58. The molecule has 0 aromatic heterocycles. The zero-order valence-electron chi connectivity index (χ0n) is 13.8. The van der Waals surface area contributed by atoms with Crippen molar-refractivity contribution in [2.45, 2.75) is 45.6 Å². The van der Waals surface area contributed by atoms with E-state index in [0.29, 0.717) is 38.9 Å². The van der Waals surface area contributed by atoms with E-state index in [0.717, 1.165) is 6.42 Å². The maximum atomic E-state index is 12.3. The number of hydrogen-bond donors (Lipinski definition) is 1. The van der Waals surface area contributed by atoms with E-state index in [1.54, 1.807) is 16.3 Å². The van der Waals surface area contributed by atoms with Crippen molar-refractivity contribution >= 4 is 28.3 Å². The molecular weight excluding hydrogens is 326 g/mol. The van der Waals surface area contributed by atoms with Crippen LogP contribution < -0.4 is 5.73 Å². The fraction of sp³-hybridized carbons (Fsp3) is 0.929. The summed E-state index contributed by atoms with van der Waals surface area (Å²) in [6.45, 7) is 5.24. The molecule has 0 aromatic rings. The second-order valence-electron chi connectivity index (χ2n) is 5.88. The number of nitrogens with two attached hydrogens (primary N) is 1.